The van der Waals surface area contributed by atoms with Gasteiger partial charge in [-0.2, -0.15) is 0 Å². The molecule has 0 spiro atoms. The molecule has 0 saturated heterocycles. The number of esters is 1. The maximum atomic E-state index is 12.5. The van der Waals surface area contributed by atoms with Crippen LogP contribution in [0.3, 0.4) is 0 Å². The van der Waals surface area contributed by atoms with Gasteiger partial charge in [-0.15, -0.1) is 0 Å². The number of ether oxygens (including phenoxy) is 1. The van der Waals surface area contributed by atoms with Crippen LogP contribution in [0.2, 0.25) is 0 Å². The van der Waals surface area contributed by atoms with Crippen molar-refractivity contribution in [2.24, 2.45) is 0 Å². The van der Waals surface area contributed by atoms with Gasteiger partial charge in [0.25, 0.3) is 0 Å². The fourth-order valence-electron chi connectivity index (χ4n) is 11.8. The highest BCUT2D eigenvalue weighted by molar-refractivity contribution is 5.76. The average molecular weight is 1180 g/mol. The zero-order valence-corrected chi connectivity index (χ0v) is 56.6. The standard InChI is InChI=1S/C78H147NO5/c1-3-5-7-9-11-13-15-17-19-21-23-24-29-32-35-38-42-46-50-54-58-62-66-70-76(81)75(74-80)79-77(82)71-67-63-59-55-51-47-43-39-36-33-30-27-25-26-28-31-34-37-41-45-49-53-57-61-65-69-73-84-78(83)72-68-64-60-56-52-48-44-40-22-20-18-16-14-12-10-8-6-4-2/h14,16,20,22,25,27,66,70,75-76,80-81H,3-13,15,17-19,21,23-24,26,28-65,67-69,71-74H2,1-2H3,(H,79,82)/b16-14-,22-20-,27-25-,70-66+. The van der Waals surface area contributed by atoms with Crippen LogP contribution < -0.4 is 5.32 Å². The molecule has 2 unspecified atom stereocenters. The van der Waals surface area contributed by atoms with Gasteiger partial charge in [0, 0.05) is 12.8 Å². The van der Waals surface area contributed by atoms with Crippen molar-refractivity contribution in [1.29, 1.82) is 0 Å². The molecule has 0 radical (unpaired) electrons. The van der Waals surface area contributed by atoms with Gasteiger partial charge in [0.2, 0.25) is 5.91 Å². The number of nitrogens with one attached hydrogen (secondary N) is 1. The lowest BCUT2D eigenvalue weighted by atomic mass is 10.0. The molecule has 3 N–H and O–H groups in total. The van der Waals surface area contributed by atoms with E-state index in [9.17, 15) is 19.8 Å². The van der Waals surface area contributed by atoms with E-state index in [1.54, 1.807) is 6.08 Å². The van der Waals surface area contributed by atoms with Crippen molar-refractivity contribution >= 4 is 11.9 Å². The Labute approximate surface area is 525 Å². The van der Waals surface area contributed by atoms with Crippen LogP contribution in [0, 0.1) is 0 Å². The monoisotopic (exact) mass is 1180 g/mol. The molecule has 0 aromatic carbocycles. The molecule has 0 aliphatic carbocycles. The molecule has 0 saturated carbocycles. The Morgan fingerprint density at radius 3 is 0.929 bits per heavy atom. The zero-order chi connectivity index (χ0) is 60.6. The number of hydrogen-bond donors (Lipinski definition) is 3. The second kappa shape index (κ2) is 73.3. The summed E-state index contributed by atoms with van der Waals surface area (Å²) in [5.74, 6) is -0.0590. The van der Waals surface area contributed by atoms with Crippen molar-refractivity contribution in [2.45, 2.75) is 424 Å². The summed E-state index contributed by atoms with van der Waals surface area (Å²) in [6.45, 7) is 4.92. The Balaban J connectivity index is 3.42. The lowest BCUT2D eigenvalue weighted by Crippen LogP contribution is -2.45. The van der Waals surface area contributed by atoms with Gasteiger partial charge in [-0.05, 0) is 89.9 Å². The van der Waals surface area contributed by atoms with Gasteiger partial charge in [0.15, 0.2) is 0 Å². The molecule has 6 heteroatoms. The number of carbonyl (C=O) groups excluding carboxylic acids is 2. The van der Waals surface area contributed by atoms with Crippen molar-refractivity contribution in [3.05, 3.63) is 48.6 Å². The van der Waals surface area contributed by atoms with E-state index in [1.165, 1.54) is 334 Å². The Kier molecular flexibility index (Phi) is 71.4. The zero-order valence-electron chi connectivity index (χ0n) is 56.6. The molecule has 0 aliphatic rings. The molecule has 1 amide bonds. The third kappa shape index (κ3) is 68.9. The minimum atomic E-state index is -0.848. The second-order valence-electron chi connectivity index (χ2n) is 26.0. The maximum Gasteiger partial charge on any atom is 0.305 e. The van der Waals surface area contributed by atoms with Crippen molar-refractivity contribution < 1.29 is 24.5 Å². The van der Waals surface area contributed by atoms with E-state index in [2.05, 4.69) is 55.6 Å². The second-order valence-corrected chi connectivity index (χ2v) is 26.0. The van der Waals surface area contributed by atoms with E-state index in [4.69, 9.17) is 4.74 Å². The van der Waals surface area contributed by atoms with Crippen molar-refractivity contribution in [1.82, 2.24) is 5.32 Å². The van der Waals surface area contributed by atoms with Crippen LogP contribution in [0.25, 0.3) is 0 Å². The minimum Gasteiger partial charge on any atom is -0.466 e. The van der Waals surface area contributed by atoms with Crippen LogP contribution in [0.15, 0.2) is 48.6 Å². The van der Waals surface area contributed by atoms with E-state index in [1.807, 2.05) is 6.08 Å². The smallest absolute Gasteiger partial charge is 0.305 e. The number of carbonyl (C=O) groups is 2. The number of aliphatic hydroxyl groups excluding tert-OH is 2. The maximum absolute atomic E-state index is 12.5. The number of allylic oxidation sites excluding steroid dienone is 7. The van der Waals surface area contributed by atoms with Gasteiger partial charge in [-0.3, -0.25) is 9.59 Å². The molecular formula is C78H147NO5. The van der Waals surface area contributed by atoms with Crippen LogP contribution in [0.4, 0.5) is 0 Å². The van der Waals surface area contributed by atoms with Gasteiger partial charge in [0.05, 0.1) is 25.4 Å². The Morgan fingerprint density at radius 1 is 0.333 bits per heavy atom. The highest BCUT2D eigenvalue weighted by Gasteiger charge is 2.18. The van der Waals surface area contributed by atoms with Crippen molar-refractivity contribution in [2.75, 3.05) is 13.2 Å². The first-order valence-electron chi connectivity index (χ1n) is 37.9. The predicted octanol–water partition coefficient (Wildman–Crippen LogP) is 24.8. The summed E-state index contributed by atoms with van der Waals surface area (Å²) < 4.78 is 5.50. The molecule has 2 atom stereocenters. The summed E-state index contributed by atoms with van der Waals surface area (Å²) in [7, 11) is 0. The molecule has 0 aromatic heterocycles. The van der Waals surface area contributed by atoms with Gasteiger partial charge in [-0.1, -0.05) is 358 Å². The SMILES string of the molecule is CCCCCC/C=C\C/C=C\CCCCCCCCCC(=O)OCCCCCCCCCCCCCC/C=C\CCCCCCCCCCCCC(=O)NC(CO)C(O)/C=C/CCCCCCCCCCCCCCCCCCCCCCC. The normalized spacial score (nSPS) is 12.8. The topological polar surface area (TPSA) is 95.9 Å². The third-order valence-corrected chi connectivity index (χ3v) is 17.6. The summed E-state index contributed by atoms with van der Waals surface area (Å²) in [5, 5.41) is 23.3. The van der Waals surface area contributed by atoms with E-state index in [-0.39, 0.29) is 18.5 Å². The molecule has 6 nitrogen and oxygen atoms in total. The summed E-state index contributed by atoms with van der Waals surface area (Å²) in [5.41, 5.74) is 0. The predicted molar refractivity (Wildman–Crippen MR) is 370 cm³/mol. The third-order valence-electron chi connectivity index (χ3n) is 17.6. The van der Waals surface area contributed by atoms with E-state index in [0.29, 0.717) is 19.4 Å². The first kappa shape index (κ1) is 81.8. The molecule has 494 valence electrons. The first-order chi connectivity index (χ1) is 41.5. The molecule has 84 heavy (non-hydrogen) atoms. The van der Waals surface area contributed by atoms with Crippen LogP contribution in [0.1, 0.15) is 412 Å². The molecular weight excluding hydrogens is 1030 g/mol. The quantitative estimate of drug-likeness (QED) is 0.0320. The fraction of sp³-hybridized carbons (Fsp3) is 0.872. The van der Waals surface area contributed by atoms with Crippen LogP contribution in [-0.2, 0) is 14.3 Å². The van der Waals surface area contributed by atoms with E-state index >= 15 is 0 Å². The summed E-state index contributed by atoms with van der Waals surface area (Å²) in [4.78, 5) is 24.7. The lowest BCUT2D eigenvalue weighted by molar-refractivity contribution is -0.143. The summed E-state index contributed by atoms with van der Waals surface area (Å²) in [6.07, 6.45) is 96.3. The highest BCUT2D eigenvalue weighted by Crippen LogP contribution is 2.19. The largest absolute Gasteiger partial charge is 0.466 e. The number of aliphatic hydroxyl groups is 2. The van der Waals surface area contributed by atoms with Gasteiger partial charge in [0.1, 0.15) is 0 Å². The van der Waals surface area contributed by atoms with Crippen LogP contribution in [-0.4, -0.2) is 47.4 Å². The lowest BCUT2D eigenvalue weighted by Gasteiger charge is -2.20. The molecule has 0 fully saturated rings. The van der Waals surface area contributed by atoms with Gasteiger partial charge >= 0.3 is 5.97 Å². The van der Waals surface area contributed by atoms with Crippen molar-refractivity contribution in [3.63, 3.8) is 0 Å². The first-order valence-corrected chi connectivity index (χ1v) is 37.9. The number of unbranched alkanes of at least 4 members (excludes halogenated alkanes) is 54. The van der Waals surface area contributed by atoms with Gasteiger partial charge < -0.3 is 20.3 Å². The molecule has 0 bridgehead atoms. The van der Waals surface area contributed by atoms with Crippen molar-refractivity contribution in [3.8, 4) is 0 Å². The Bertz CT molecular complexity index is 1400. The summed E-state index contributed by atoms with van der Waals surface area (Å²) in [6, 6.07) is -0.632. The Hall–Kier alpha value is -2.18. The molecule has 0 aromatic rings. The van der Waals surface area contributed by atoms with E-state index < -0.39 is 12.1 Å². The Morgan fingerprint density at radius 2 is 0.595 bits per heavy atom. The number of hydrogen-bond acceptors (Lipinski definition) is 5. The fourth-order valence-corrected chi connectivity index (χ4v) is 11.8. The number of amides is 1. The van der Waals surface area contributed by atoms with Gasteiger partial charge in [-0.25, -0.2) is 0 Å². The average Bonchev–Trinajstić information content (AvgIpc) is 3.51. The van der Waals surface area contributed by atoms with Crippen LogP contribution >= 0.6 is 0 Å². The molecule has 0 rings (SSSR count). The highest BCUT2D eigenvalue weighted by atomic mass is 16.5. The minimum absolute atomic E-state index is 0.00705. The molecule has 0 heterocycles. The van der Waals surface area contributed by atoms with Crippen LogP contribution in [0.5, 0.6) is 0 Å². The number of rotatable bonds is 71. The molecule has 0 aliphatic heterocycles. The van der Waals surface area contributed by atoms with E-state index in [0.717, 1.165) is 51.4 Å². The summed E-state index contributed by atoms with van der Waals surface area (Å²) >= 11 is 0.